The average Bonchev–Trinajstić information content (AvgIpc) is 3.31. The van der Waals surface area contributed by atoms with Gasteiger partial charge in [-0.05, 0) is 32.6 Å². The number of unbranched alkanes of at least 4 members (excludes halogenated alkanes) is 1. The van der Waals surface area contributed by atoms with Crippen LogP contribution in [0.4, 0.5) is 13.9 Å². The van der Waals surface area contributed by atoms with Crippen molar-refractivity contribution >= 4 is 28.2 Å². The van der Waals surface area contributed by atoms with Crippen molar-refractivity contribution in [1.82, 2.24) is 14.8 Å². The zero-order chi connectivity index (χ0) is 20.4. The lowest BCUT2D eigenvalue weighted by atomic mass is 10.2. The van der Waals surface area contributed by atoms with Gasteiger partial charge in [-0.2, -0.15) is 5.10 Å². The number of hydrogen-bond donors (Lipinski definition) is 0. The molecule has 1 aliphatic rings. The Labute approximate surface area is 166 Å². The van der Waals surface area contributed by atoms with Gasteiger partial charge in [0.15, 0.2) is 10.9 Å². The largest absolute Gasteiger partial charge is 0.294 e. The molecule has 9 heteroatoms. The van der Waals surface area contributed by atoms with E-state index in [-0.39, 0.29) is 23.9 Å². The Balaban J connectivity index is 1.88. The van der Waals surface area contributed by atoms with E-state index >= 15 is 0 Å². The zero-order valence-corrected chi connectivity index (χ0v) is 17.1. The smallest absolute Gasteiger partial charge is 0.282 e. The fourth-order valence-electron chi connectivity index (χ4n) is 3.53. The number of hydrogen-bond acceptors (Lipinski definition) is 5. The molecule has 1 aliphatic carbocycles. The third-order valence-electron chi connectivity index (χ3n) is 4.90. The summed E-state index contributed by atoms with van der Waals surface area (Å²) in [7, 11) is 0. The molecular weight excluding hydrogens is 386 g/mol. The third kappa shape index (κ3) is 3.99. The van der Waals surface area contributed by atoms with Crippen molar-refractivity contribution < 1.29 is 18.4 Å². The van der Waals surface area contributed by atoms with Crippen LogP contribution in [0.15, 0.2) is 0 Å². The molecule has 152 valence electrons. The zero-order valence-electron chi connectivity index (χ0n) is 16.3. The molecule has 28 heavy (non-hydrogen) atoms. The van der Waals surface area contributed by atoms with E-state index in [9.17, 15) is 18.4 Å². The SMILES string of the molecule is CCCCN(C(=O)Cn1nc(C(F)F)c2c1CCC2)c1nc(C)c(C(C)=O)s1. The van der Waals surface area contributed by atoms with Crippen molar-refractivity contribution in [3.63, 3.8) is 0 Å². The Bertz CT molecular complexity index is 891. The van der Waals surface area contributed by atoms with Crippen LogP contribution in [0.2, 0.25) is 0 Å². The molecule has 0 unspecified atom stereocenters. The van der Waals surface area contributed by atoms with Crippen LogP contribution in [0.5, 0.6) is 0 Å². The van der Waals surface area contributed by atoms with Gasteiger partial charge in [-0.25, -0.2) is 13.8 Å². The minimum atomic E-state index is -2.64. The van der Waals surface area contributed by atoms with Crippen molar-refractivity contribution in [2.45, 2.75) is 65.8 Å². The molecule has 0 bridgehead atoms. The Morgan fingerprint density at radius 1 is 1.32 bits per heavy atom. The number of Topliss-reactive ketones (excluding diaryl/α,β-unsaturated/α-hetero) is 1. The van der Waals surface area contributed by atoms with Gasteiger partial charge in [0.2, 0.25) is 0 Å². The molecule has 3 rings (SSSR count). The van der Waals surface area contributed by atoms with Crippen molar-refractivity contribution in [3.8, 4) is 0 Å². The molecular formula is C19H24F2N4O2S. The molecule has 6 nitrogen and oxygen atoms in total. The second-order valence-electron chi connectivity index (χ2n) is 6.99. The van der Waals surface area contributed by atoms with Gasteiger partial charge in [-0.1, -0.05) is 24.7 Å². The first-order chi connectivity index (χ1) is 13.3. The van der Waals surface area contributed by atoms with Gasteiger partial charge >= 0.3 is 0 Å². The molecule has 2 heterocycles. The highest BCUT2D eigenvalue weighted by molar-refractivity contribution is 7.17. The minimum absolute atomic E-state index is 0.0874. The van der Waals surface area contributed by atoms with Crippen molar-refractivity contribution in [1.29, 1.82) is 0 Å². The summed E-state index contributed by atoms with van der Waals surface area (Å²) in [5.74, 6) is -0.342. The lowest BCUT2D eigenvalue weighted by Crippen LogP contribution is -2.35. The van der Waals surface area contributed by atoms with Crippen molar-refractivity contribution in [3.05, 3.63) is 27.5 Å². The third-order valence-corrected chi connectivity index (χ3v) is 6.18. The summed E-state index contributed by atoms with van der Waals surface area (Å²) in [6.45, 7) is 5.60. The highest BCUT2D eigenvalue weighted by atomic mass is 32.1. The van der Waals surface area contributed by atoms with Crippen molar-refractivity contribution in [2.75, 3.05) is 11.4 Å². The van der Waals surface area contributed by atoms with E-state index in [1.807, 2.05) is 6.92 Å². The number of nitrogens with zero attached hydrogens (tertiary/aromatic N) is 4. The monoisotopic (exact) mass is 410 g/mol. The van der Waals surface area contributed by atoms with E-state index in [1.165, 1.54) is 22.9 Å². The molecule has 0 aromatic carbocycles. The number of ketones is 1. The summed E-state index contributed by atoms with van der Waals surface area (Å²) >= 11 is 1.20. The minimum Gasteiger partial charge on any atom is -0.294 e. The second kappa shape index (κ2) is 8.46. The van der Waals surface area contributed by atoms with Gasteiger partial charge in [0.25, 0.3) is 12.3 Å². The molecule has 0 atom stereocenters. The van der Waals surface area contributed by atoms with Crippen LogP contribution in [-0.2, 0) is 24.2 Å². The Morgan fingerprint density at radius 2 is 2.07 bits per heavy atom. The van der Waals surface area contributed by atoms with Gasteiger partial charge in [0.05, 0.1) is 10.6 Å². The van der Waals surface area contributed by atoms with E-state index in [0.29, 0.717) is 40.7 Å². The van der Waals surface area contributed by atoms with Crippen LogP contribution < -0.4 is 4.90 Å². The molecule has 2 aromatic heterocycles. The topological polar surface area (TPSA) is 68.1 Å². The summed E-state index contributed by atoms with van der Waals surface area (Å²) in [5, 5.41) is 4.50. The quantitative estimate of drug-likeness (QED) is 0.614. The Hall–Kier alpha value is -2.16. The first-order valence-corrected chi connectivity index (χ1v) is 10.3. The molecule has 0 N–H and O–H groups in total. The fourth-order valence-corrected chi connectivity index (χ4v) is 4.53. The average molecular weight is 410 g/mol. The van der Waals surface area contributed by atoms with Gasteiger partial charge < -0.3 is 0 Å². The maximum absolute atomic E-state index is 13.3. The molecule has 2 aromatic rings. The van der Waals surface area contributed by atoms with E-state index < -0.39 is 6.43 Å². The van der Waals surface area contributed by atoms with E-state index in [4.69, 9.17) is 0 Å². The first kappa shape index (κ1) is 20.6. The normalized spacial score (nSPS) is 13.2. The van der Waals surface area contributed by atoms with Gasteiger partial charge in [-0.15, -0.1) is 0 Å². The number of anilines is 1. The number of aryl methyl sites for hydroxylation is 1. The predicted octanol–water partition coefficient (Wildman–Crippen LogP) is 4.11. The first-order valence-electron chi connectivity index (χ1n) is 9.48. The number of fused-ring (bicyclic) bond motifs is 1. The van der Waals surface area contributed by atoms with E-state index in [0.717, 1.165) is 25.0 Å². The highest BCUT2D eigenvalue weighted by Gasteiger charge is 2.29. The summed E-state index contributed by atoms with van der Waals surface area (Å²) in [6, 6.07) is 0. The second-order valence-corrected chi connectivity index (χ2v) is 7.97. The fraction of sp³-hybridized carbons (Fsp3) is 0.579. The van der Waals surface area contributed by atoms with Crippen LogP contribution in [-0.4, -0.2) is 33.0 Å². The summed E-state index contributed by atoms with van der Waals surface area (Å²) < 4.78 is 28.0. The lowest BCUT2D eigenvalue weighted by Gasteiger charge is -2.20. The molecule has 0 saturated heterocycles. The molecule has 0 radical (unpaired) electrons. The number of alkyl halides is 2. The van der Waals surface area contributed by atoms with Crippen LogP contribution in [0.25, 0.3) is 0 Å². The van der Waals surface area contributed by atoms with Crippen molar-refractivity contribution in [2.24, 2.45) is 0 Å². The maximum Gasteiger partial charge on any atom is 0.282 e. The van der Waals surface area contributed by atoms with Crippen LogP contribution >= 0.6 is 11.3 Å². The van der Waals surface area contributed by atoms with Gasteiger partial charge in [0, 0.05) is 24.7 Å². The summed E-state index contributed by atoms with van der Waals surface area (Å²) in [6.07, 6.45) is 1.06. The summed E-state index contributed by atoms with van der Waals surface area (Å²) in [4.78, 5) is 31.3. The number of carbonyl (C=O) groups excluding carboxylic acids is 2. The molecule has 0 aliphatic heterocycles. The molecule has 1 amide bonds. The van der Waals surface area contributed by atoms with Crippen LogP contribution in [0.1, 0.15) is 71.9 Å². The standard InChI is InChI=1S/C19H24F2N4O2S/c1-4-5-9-24(19-22-11(2)17(28-19)12(3)26)15(27)10-25-14-8-6-7-13(14)16(23-25)18(20)21/h18H,4-10H2,1-3H3. The van der Waals surface area contributed by atoms with E-state index in [1.54, 1.807) is 11.8 Å². The number of rotatable bonds is 8. The van der Waals surface area contributed by atoms with E-state index in [2.05, 4.69) is 10.1 Å². The van der Waals surface area contributed by atoms with Gasteiger partial charge in [0.1, 0.15) is 12.2 Å². The maximum atomic E-state index is 13.3. The Kier molecular flexibility index (Phi) is 6.22. The molecule has 0 saturated carbocycles. The Morgan fingerprint density at radius 3 is 2.68 bits per heavy atom. The van der Waals surface area contributed by atoms with Crippen LogP contribution in [0, 0.1) is 6.92 Å². The lowest BCUT2D eigenvalue weighted by molar-refractivity contribution is -0.119. The highest BCUT2D eigenvalue weighted by Crippen LogP contribution is 2.32. The van der Waals surface area contributed by atoms with Gasteiger partial charge in [-0.3, -0.25) is 19.2 Å². The summed E-state index contributed by atoms with van der Waals surface area (Å²) in [5.41, 5.74) is 1.72. The molecule has 0 fully saturated rings. The number of amides is 1. The predicted molar refractivity (Wildman–Crippen MR) is 103 cm³/mol. The number of carbonyl (C=O) groups is 2. The number of aromatic nitrogens is 3. The number of thiazole rings is 1. The van der Waals surface area contributed by atoms with Crippen LogP contribution in [0.3, 0.4) is 0 Å². The molecule has 0 spiro atoms. The number of halogens is 2.